The van der Waals surface area contributed by atoms with Gasteiger partial charge in [0, 0.05) is 37.7 Å². The van der Waals surface area contributed by atoms with Crippen LogP contribution >= 0.6 is 0 Å². The lowest BCUT2D eigenvalue weighted by Gasteiger charge is -2.21. The molecule has 1 amide bonds. The fraction of sp³-hybridized carbons (Fsp3) is 0.368. The van der Waals surface area contributed by atoms with Crippen molar-refractivity contribution in [1.29, 1.82) is 0 Å². The average molecular weight is 404 g/mol. The van der Waals surface area contributed by atoms with Crippen LogP contribution in [0, 0.1) is 0 Å². The molecule has 1 aliphatic rings. The Hall–Kier alpha value is -2.49. The average Bonchev–Trinajstić information content (AvgIpc) is 2.95. The van der Waals surface area contributed by atoms with E-state index in [4.69, 9.17) is 4.74 Å². The van der Waals surface area contributed by atoms with E-state index < -0.39 is 10.0 Å². The minimum absolute atomic E-state index is 0.127. The molecule has 1 N–H and O–H groups in total. The Balaban J connectivity index is 1.58. The summed E-state index contributed by atoms with van der Waals surface area (Å²) in [5, 5.41) is 2.82. The Morgan fingerprint density at radius 2 is 1.79 bits per heavy atom. The van der Waals surface area contributed by atoms with Crippen molar-refractivity contribution in [3.63, 3.8) is 0 Å². The van der Waals surface area contributed by atoms with Gasteiger partial charge in [-0.2, -0.15) is 4.31 Å². The number of methoxy groups -OCH3 is 1. The SMILES string of the molecule is COc1ccc(S(=O)(=O)N2CCCN(CC(=O)Nc3ccncc3)CC2)cc1. The van der Waals surface area contributed by atoms with Crippen LogP contribution in [0.25, 0.3) is 0 Å². The number of amides is 1. The van der Waals surface area contributed by atoms with E-state index in [0.717, 1.165) is 0 Å². The molecule has 1 saturated heterocycles. The molecule has 150 valence electrons. The quantitative estimate of drug-likeness (QED) is 0.783. The highest BCUT2D eigenvalue weighted by Gasteiger charge is 2.27. The number of carbonyl (C=O) groups is 1. The second kappa shape index (κ2) is 9.13. The monoisotopic (exact) mass is 404 g/mol. The molecule has 0 aliphatic carbocycles. The summed E-state index contributed by atoms with van der Waals surface area (Å²) >= 11 is 0. The first-order valence-electron chi connectivity index (χ1n) is 9.05. The van der Waals surface area contributed by atoms with Crippen LogP contribution in [0.2, 0.25) is 0 Å². The summed E-state index contributed by atoms with van der Waals surface area (Å²) in [6, 6.07) is 9.84. The van der Waals surface area contributed by atoms with Crippen LogP contribution in [0.1, 0.15) is 6.42 Å². The Morgan fingerprint density at radius 3 is 2.46 bits per heavy atom. The second-order valence-corrected chi connectivity index (χ2v) is 8.43. The van der Waals surface area contributed by atoms with Gasteiger partial charge in [-0.15, -0.1) is 0 Å². The van der Waals surface area contributed by atoms with Crippen molar-refractivity contribution >= 4 is 21.6 Å². The molecule has 0 radical (unpaired) electrons. The maximum atomic E-state index is 12.9. The molecule has 28 heavy (non-hydrogen) atoms. The van der Waals surface area contributed by atoms with E-state index in [2.05, 4.69) is 10.3 Å². The van der Waals surface area contributed by atoms with Crippen LogP contribution < -0.4 is 10.1 Å². The number of ether oxygens (including phenoxy) is 1. The van der Waals surface area contributed by atoms with Crippen molar-refractivity contribution in [2.45, 2.75) is 11.3 Å². The molecule has 0 unspecified atom stereocenters. The van der Waals surface area contributed by atoms with E-state index >= 15 is 0 Å². The number of benzene rings is 1. The van der Waals surface area contributed by atoms with Gasteiger partial charge in [0.1, 0.15) is 5.75 Å². The topological polar surface area (TPSA) is 91.8 Å². The molecule has 8 nitrogen and oxygen atoms in total. The first-order chi connectivity index (χ1) is 13.5. The third kappa shape index (κ3) is 5.06. The Bertz CT molecular complexity index is 888. The third-order valence-electron chi connectivity index (χ3n) is 4.58. The lowest BCUT2D eigenvalue weighted by atomic mass is 10.3. The van der Waals surface area contributed by atoms with Crippen molar-refractivity contribution in [3.8, 4) is 5.75 Å². The van der Waals surface area contributed by atoms with E-state index in [0.29, 0.717) is 44.0 Å². The summed E-state index contributed by atoms with van der Waals surface area (Å²) in [6.07, 6.45) is 3.89. The first-order valence-corrected chi connectivity index (χ1v) is 10.5. The number of nitrogens with zero attached hydrogens (tertiary/aromatic N) is 3. The molecular formula is C19H24N4O4S. The number of pyridine rings is 1. The minimum Gasteiger partial charge on any atom is -0.497 e. The van der Waals surface area contributed by atoms with E-state index in [1.54, 1.807) is 48.8 Å². The Kier molecular flexibility index (Phi) is 6.61. The van der Waals surface area contributed by atoms with E-state index in [1.165, 1.54) is 11.4 Å². The van der Waals surface area contributed by atoms with Gasteiger partial charge >= 0.3 is 0 Å². The van der Waals surface area contributed by atoms with Crippen molar-refractivity contribution in [2.24, 2.45) is 0 Å². The van der Waals surface area contributed by atoms with E-state index in [9.17, 15) is 13.2 Å². The molecule has 1 aromatic carbocycles. The molecule has 0 atom stereocenters. The summed E-state index contributed by atoms with van der Waals surface area (Å²) in [5.41, 5.74) is 0.693. The molecule has 1 aliphatic heterocycles. The number of anilines is 1. The van der Waals surface area contributed by atoms with Crippen LogP contribution in [0.5, 0.6) is 5.75 Å². The maximum absolute atomic E-state index is 12.9. The standard InChI is InChI=1S/C19H24N4O4S/c1-27-17-3-5-18(6-4-17)28(25,26)23-12-2-11-22(13-14-23)15-19(24)21-16-7-9-20-10-8-16/h3-10H,2,11-15H2,1H3,(H,20,21,24). The zero-order valence-electron chi connectivity index (χ0n) is 15.7. The first kappa shape index (κ1) is 20.2. The van der Waals surface area contributed by atoms with Gasteiger partial charge in [0.05, 0.1) is 18.6 Å². The van der Waals surface area contributed by atoms with E-state index in [-0.39, 0.29) is 17.3 Å². The highest BCUT2D eigenvalue weighted by atomic mass is 32.2. The van der Waals surface area contributed by atoms with Gasteiger partial charge in [-0.25, -0.2) is 8.42 Å². The van der Waals surface area contributed by atoms with Gasteiger partial charge in [-0.3, -0.25) is 14.7 Å². The van der Waals surface area contributed by atoms with Crippen LogP contribution in [-0.2, 0) is 14.8 Å². The molecule has 0 spiro atoms. The molecule has 9 heteroatoms. The fourth-order valence-electron chi connectivity index (χ4n) is 3.08. The van der Waals surface area contributed by atoms with Gasteiger partial charge in [0.25, 0.3) is 0 Å². The maximum Gasteiger partial charge on any atom is 0.243 e. The largest absolute Gasteiger partial charge is 0.497 e. The lowest BCUT2D eigenvalue weighted by molar-refractivity contribution is -0.117. The molecule has 1 aromatic heterocycles. The predicted molar refractivity (Wildman–Crippen MR) is 106 cm³/mol. The molecule has 3 rings (SSSR count). The van der Waals surface area contributed by atoms with Crippen LogP contribution in [0.15, 0.2) is 53.7 Å². The molecule has 2 heterocycles. The number of sulfonamides is 1. The van der Waals surface area contributed by atoms with Gasteiger partial charge in [-0.05, 0) is 49.4 Å². The van der Waals surface area contributed by atoms with Crippen LogP contribution in [0.4, 0.5) is 5.69 Å². The molecule has 0 saturated carbocycles. The summed E-state index contributed by atoms with van der Waals surface area (Å²) in [5.74, 6) is 0.485. The third-order valence-corrected chi connectivity index (χ3v) is 6.49. The number of hydrogen-bond acceptors (Lipinski definition) is 6. The lowest BCUT2D eigenvalue weighted by Crippen LogP contribution is -2.38. The smallest absolute Gasteiger partial charge is 0.243 e. The van der Waals surface area contributed by atoms with Crippen molar-refractivity contribution in [3.05, 3.63) is 48.8 Å². The zero-order chi connectivity index (χ0) is 20.0. The van der Waals surface area contributed by atoms with E-state index in [1.807, 2.05) is 4.90 Å². The van der Waals surface area contributed by atoms with Gasteiger partial charge in [0.2, 0.25) is 15.9 Å². The molecular weight excluding hydrogens is 380 g/mol. The Morgan fingerprint density at radius 1 is 1.07 bits per heavy atom. The van der Waals surface area contributed by atoms with Gasteiger partial charge in [0.15, 0.2) is 0 Å². The van der Waals surface area contributed by atoms with Crippen LogP contribution in [0.3, 0.4) is 0 Å². The molecule has 2 aromatic rings. The number of hydrogen-bond donors (Lipinski definition) is 1. The van der Waals surface area contributed by atoms with Crippen molar-refractivity contribution < 1.29 is 17.9 Å². The zero-order valence-corrected chi connectivity index (χ0v) is 16.6. The number of aromatic nitrogens is 1. The fourth-order valence-corrected chi connectivity index (χ4v) is 4.55. The van der Waals surface area contributed by atoms with Crippen LogP contribution in [-0.4, -0.2) is 68.3 Å². The van der Waals surface area contributed by atoms with Gasteiger partial charge in [-0.1, -0.05) is 0 Å². The molecule has 0 bridgehead atoms. The minimum atomic E-state index is -3.57. The highest BCUT2D eigenvalue weighted by molar-refractivity contribution is 7.89. The second-order valence-electron chi connectivity index (χ2n) is 6.49. The molecule has 1 fully saturated rings. The number of carbonyl (C=O) groups excluding carboxylic acids is 1. The highest BCUT2D eigenvalue weighted by Crippen LogP contribution is 2.20. The summed E-state index contributed by atoms with van der Waals surface area (Å²) in [7, 11) is -2.03. The summed E-state index contributed by atoms with van der Waals surface area (Å²) in [6.45, 7) is 2.16. The van der Waals surface area contributed by atoms with Gasteiger partial charge < -0.3 is 10.1 Å². The predicted octanol–water partition coefficient (Wildman–Crippen LogP) is 1.43. The summed E-state index contributed by atoms with van der Waals surface area (Å²) < 4.78 is 32.3. The number of rotatable bonds is 6. The summed E-state index contributed by atoms with van der Waals surface area (Å²) in [4.78, 5) is 18.4. The number of nitrogens with one attached hydrogen (secondary N) is 1. The van der Waals surface area contributed by atoms with Crippen molar-refractivity contribution in [2.75, 3.05) is 45.2 Å². The Labute approximate surface area is 165 Å². The van der Waals surface area contributed by atoms with Crippen molar-refractivity contribution in [1.82, 2.24) is 14.2 Å². The normalized spacial score (nSPS) is 16.3.